The fraction of sp³-hybridized carbons (Fsp3) is 0.898. The highest BCUT2D eigenvalue weighted by atomic mass is 32.3. The SMILES string of the molecule is CCCCCCC/C=C\C/C=C\CCCCCCCCCCCCCCCCOCC(COC1OC(CO)C(O)C(OS(=O)(=O)O)C1O)OC(=O)CCCCCCCCCCC. The van der Waals surface area contributed by atoms with E-state index in [0.717, 1.165) is 44.9 Å². The zero-order chi connectivity index (χ0) is 45.4. The second-order valence-corrected chi connectivity index (χ2v) is 18.5. The van der Waals surface area contributed by atoms with Gasteiger partial charge in [0.05, 0.1) is 19.8 Å². The number of allylic oxidation sites excluding steroid dienone is 4. The maximum atomic E-state index is 12.8. The largest absolute Gasteiger partial charge is 0.457 e. The molecule has 6 unspecified atom stereocenters. The first kappa shape index (κ1) is 58.6. The summed E-state index contributed by atoms with van der Waals surface area (Å²) in [6.45, 7) is 3.97. The summed E-state index contributed by atoms with van der Waals surface area (Å²) < 4.78 is 59.0. The van der Waals surface area contributed by atoms with Crippen molar-refractivity contribution in [1.82, 2.24) is 0 Å². The van der Waals surface area contributed by atoms with Gasteiger partial charge in [-0.05, 0) is 44.9 Å². The molecular formula is C49H92O12S. The van der Waals surface area contributed by atoms with Crippen LogP contribution in [0.25, 0.3) is 0 Å². The van der Waals surface area contributed by atoms with E-state index in [4.69, 9.17) is 23.5 Å². The predicted octanol–water partition coefficient (Wildman–Crippen LogP) is 11.2. The molecule has 1 aliphatic rings. The molecule has 1 heterocycles. The lowest BCUT2D eigenvalue weighted by Gasteiger charge is -2.41. The van der Waals surface area contributed by atoms with Gasteiger partial charge in [0.25, 0.3) is 0 Å². The Morgan fingerprint density at radius 1 is 0.613 bits per heavy atom. The zero-order valence-corrected chi connectivity index (χ0v) is 40.0. The lowest BCUT2D eigenvalue weighted by Crippen LogP contribution is -2.60. The summed E-state index contributed by atoms with van der Waals surface area (Å²) in [5.74, 6) is -0.400. The minimum absolute atomic E-state index is 0.0398. The van der Waals surface area contributed by atoms with Crippen LogP contribution in [0.4, 0.5) is 0 Å². The smallest absolute Gasteiger partial charge is 0.397 e. The van der Waals surface area contributed by atoms with Crippen LogP contribution in [0, 0.1) is 0 Å². The van der Waals surface area contributed by atoms with Crippen LogP contribution in [0.15, 0.2) is 24.3 Å². The first-order valence-corrected chi connectivity index (χ1v) is 26.5. The second kappa shape index (κ2) is 41.0. The highest BCUT2D eigenvalue weighted by molar-refractivity contribution is 7.80. The van der Waals surface area contributed by atoms with Gasteiger partial charge < -0.3 is 34.3 Å². The molecule has 12 nitrogen and oxygen atoms in total. The van der Waals surface area contributed by atoms with Crippen molar-refractivity contribution in [2.24, 2.45) is 0 Å². The van der Waals surface area contributed by atoms with Crippen molar-refractivity contribution in [3.05, 3.63) is 24.3 Å². The Bertz CT molecular complexity index is 1180. The maximum Gasteiger partial charge on any atom is 0.397 e. The molecule has 0 radical (unpaired) electrons. The van der Waals surface area contributed by atoms with Crippen molar-refractivity contribution >= 4 is 16.4 Å². The zero-order valence-electron chi connectivity index (χ0n) is 39.2. The summed E-state index contributed by atoms with van der Waals surface area (Å²) in [5, 5.41) is 30.6. The number of hydrogen-bond acceptors (Lipinski definition) is 11. The van der Waals surface area contributed by atoms with Gasteiger partial charge >= 0.3 is 16.4 Å². The molecule has 0 amide bonds. The number of carbonyl (C=O) groups excluding carboxylic acids is 1. The van der Waals surface area contributed by atoms with Gasteiger partial charge in [0, 0.05) is 13.0 Å². The van der Waals surface area contributed by atoms with Crippen LogP contribution in [-0.4, -0.2) is 97.5 Å². The van der Waals surface area contributed by atoms with Gasteiger partial charge in [0.2, 0.25) is 0 Å². The summed E-state index contributed by atoms with van der Waals surface area (Å²) in [7, 11) is -5.06. The van der Waals surface area contributed by atoms with E-state index in [-0.39, 0.29) is 19.6 Å². The summed E-state index contributed by atoms with van der Waals surface area (Å²) in [6, 6.07) is 0. The van der Waals surface area contributed by atoms with E-state index in [9.17, 15) is 28.5 Å². The molecule has 13 heteroatoms. The molecule has 6 atom stereocenters. The lowest BCUT2D eigenvalue weighted by atomic mass is 9.99. The summed E-state index contributed by atoms with van der Waals surface area (Å²) >= 11 is 0. The molecular weight excluding hydrogens is 813 g/mol. The van der Waals surface area contributed by atoms with Crippen molar-refractivity contribution < 1.29 is 56.2 Å². The maximum absolute atomic E-state index is 12.8. The minimum Gasteiger partial charge on any atom is -0.457 e. The van der Waals surface area contributed by atoms with Crippen LogP contribution in [0.1, 0.15) is 219 Å². The topological polar surface area (TPSA) is 178 Å². The Morgan fingerprint density at radius 2 is 1.06 bits per heavy atom. The number of hydrogen-bond donors (Lipinski definition) is 4. The number of ether oxygens (including phenoxy) is 4. The first-order chi connectivity index (χ1) is 30.1. The monoisotopic (exact) mass is 905 g/mol. The van der Waals surface area contributed by atoms with Gasteiger partial charge in [-0.25, -0.2) is 4.18 Å². The molecule has 1 fully saturated rings. The average Bonchev–Trinajstić information content (AvgIpc) is 3.24. The molecule has 0 aliphatic carbocycles. The van der Waals surface area contributed by atoms with Gasteiger partial charge in [-0.1, -0.05) is 192 Å². The van der Waals surface area contributed by atoms with Crippen LogP contribution < -0.4 is 0 Å². The van der Waals surface area contributed by atoms with Crippen LogP contribution >= 0.6 is 0 Å². The average molecular weight is 905 g/mol. The van der Waals surface area contributed by atoms with Crippen LogP contribution in [-0.2, 0) is 38.3 Å². The van der Waals surface area contributed by atoms with E-state index in [0.29, 0.717) is 13.0 Å². The normalized spacial score (nSPS) is 20.1. The predicted molar refractivity (Wildman–Crippen MR) is 248 cm³/mol. The van der Waals surface area contributed by atoms with Crippen molar-refractivity contribution in [2.75, 3.05) is 26.4 Å². The number of aliphatic hydroxyl groups excluding tert-OH is 3. The number of unbranched alkanes of at least 4 members (excludes halogenated alkanes) is 27. The Hall–Kier alpha value is -1.42. The molecule has 0 aromatic rings. The summed E-state index contributed by atoms with van der Waals surface area (Å²) in [4.78, 5) is 12.8. The third-order valence-electron chi connectivity index (χ3n) is 11.6. The van der Waals surface area contributed by atoms with E-state index < -0.39 is 59.8 Å². The fourth-order valence-electron chi connectivity index (χ4n) is 7.76. The number of aliphatic hydroxyl groups is 3. The Labute approximate surface area is 378 Å². The number of esters is 1. The molecule has 0 spiro atoms. The van der Waals surface area contributed by atoms with Crippen molar-refractivity contribution in [2.45, 2.75) is 256 Å². The van der Waals surface area contributed by atoms with Gasteiger partial charge in [0.15, 0.2) is 6.29 Å². The number of rotatable bonds is 44. The van der Waals surface area contributed by atoms with E-state index in [1.807, 2.05) is 0 Å². The molecule has 0 aromatic carbocycles. The Kier molecular flexibility index (Phi) is 38.8. The van der Waals surface area contributed by atoms with Crippen LogP contribution in [0.5, 0.6) is 0 Å². The molecule has 0 aromatic heterocycles. The quantitative estimate of drug-likeness (QED) is 0.0197. The van der Waals surface area contributed by atoms with E-state index in [1.165, 1.54) is 148 Å². The standard InChI is InChI=1S/C49H92O12S/c1-3-5-7-9-11-13-14-15-16-17-18-19-20-21-22-23-24-25-26-27-28-29-31-33-35-37-39-57-41-43(59-45(51)38-36-34-32-30-12-10-8-6-4-2)42-58-49-47(53)48(61-62(54,55)56)46(52)44(40-50)60-49/h14-15,17-18,43-44,46-50,52-53H,3-13,16,19-42H2,1-2H3,(H,54,55,56)/b15-14-,18-17-. The van der Waals surface area contributed by atoms with Gasteiger partial charge in [-0.15, -0.1) is 0 Å². The molecule has 0 saturated carbocycles. The van der Waals surface area contributed by atoms with Crippen LogP contribution in [0.3, 0.4) is 0 Å². The first-order valence-electron chi connectivity index (χ1n) is 25.1. The van der Waals surface area contributed by atoms with Gasteiger partial charge in [-0.3, -0.25) is 9.35 Å². The lowest BCUT2D eigenvalue weighted by molar-refractivity contribution is -0.301. The molecule has 0 bridgehead atoms. The van der Waals surface area contributed by atoms with Gasteiger partial charge in [0.1, 0.15) is 30.5 Å². The minimum atomic E-state index is -5.06. The highest BCUT2D eigenvalue weighted by Gasteiger charge is 2.48. The van der Waals surface area contributed by atoms with E-state index in [2.05, 4.69) is 42.3 Å². The highest BCUT2D eigenvalue weighted by Crippen LogP contribution is 2.26. The summed E-state index contributed by atoms with van der Waals surface area (Å²) in [5.41, 5.74) is 0. The number of carbonyl (C=O) groups is 1. The third-order valence-corrected chi connectivity index (χ3v) is 12.0. The Balaban J connectivity index is 2.24. The molecule has 1 rings (SSSR count). The van der Waals surface area contributed by atoms with Crippen LogP contribution in [0.2, 0.25) is 0 Å². The van der Waals surface area contributed by atoms with Crippen molar-refractivity contribution in [1.29, 1.82) is 0 Å². The van der Waals surface area contributed by atoms with Gasteiger partial charge in [-0.2, -0.15) is 8.42 Å². The molecule has 4 N–H and O–H groups in total. The molecule has 366 valence electrons. The summed E-state index contributed by atoms with van der Waals surface area (Å²) in [6.07, 6.45) is 38.1. The Morgan fingerprint density at radius 3 is 1.53 bits per heavy atom. The van der Waals surface area contributed by atoms with E-state index in [1.54, 1.807) is 0 Å². The fourth-order valence-corrected chi connectivity index (χ4v) is 8.27. The van der Waals surface area contributed by atoms with Crippen molar-refractivity contribution in [3.8, 4) is 0 Å². The van der Waals surface area contributed by atoms with Crippen molar-refractivity contribution in [3.63, 3.8) is 0 Å². The molecule has 1 aliphatic heterocycles. The van der Waals surface area contributed by atoms with E-state index >= 15 is 0 Å². The third kappa shape index (κ3) is 34.0. The second-order valence-electron chi connectivity index (χ2n) is 17.4. The molecule has 1 saturated heterocycles. The molecule has 62 heavy (non-hydrogen) atoms.